The molecule has 3 aromatic rings. The standard InChI is InChI=1S/C21H14ClNO6S2/c1-27-20(25)16-8-4-14(28-16)11-23-19(24)17(31-21(23)26)10-13-5-9-18(29-13)30-15-6-2-12(22)3-7-15/h2-10H,11H2,1H3. The van der Waals surface area contributed by atoms with Crippen LogP contribution in [0.5, 0.6) is 0 Å². The Morgan fingerprint density at radius 1 is 1.13 bits per heavy atom. The van der Waals surface area contributed by atoms with Crippen LogP contribution in [0.3, 0.4) is 0 Å². The Bertz CT molecular complexity index is 1180. The first kappa shape index (κ1) is 21.4. The van der Waals surface area contributed by atoms with Crippen molar-refractivity contribution in [3.8, 4) is 0 Å². The maximum absolute atomic E-state index is 12.7. The van der Waals surface area contributed by atoms with E-state index in [0.29, 0.717) is 21.6 Å². The number of benzene rings is 1. The third-order valence-corrected chi connectivity index (χ3v) is 6.23. The van der Waals surface area contributed by atoms with Gasteiger partial charge in [0.1, 0.15) is 11.5 Å². The minimum absolute atomic E-state index is 0.00122. The average Bonchev–Trinajstić information content (AvgIpc) is 3.47. The highest BCUT2D eigenvalue weighted by Crippen LogP contribution is 2.35. The molecule has 0 N–H and O–H groups in total. The first-order chi connectivity index (χ1) is 14.9. The Kier molecular flexibility index (Phi) is 6.26. The third-order valence-electron chi connectivity index (χ3n) is 4.14. The van der Waals surface area contributed by atoms with Crippen molar-refractivity contribution in [1.82, 2.24) is 4.90 Å². The fourth-order valence-corrected chi connectivity index (χ4v) is 4.40. The number of esters is 1. The molecule has 0 saturated carbocycles. The van der Waals surface area contributed by atoms with E-state index in [2.05, 4.69) is 4.74 Å². The topological polar surface area (TPSA) is 90.0 Å². The summed E-state index contributed by atoms with van der Waals surface area (Å²) in [6, 6.07) is 13.8. The molecule has 0 atom stereocenters. The Balaban J connectivity index is 1.44. The van der Waals surface area contributed by atoms with Gasteiger partial charge in [0, 0.05) is 16.0 Å². The molecular formula is C21H14ClNO6S2. The van der Waals surface area contributed by atoms with Crippen LogP contribution in [-0.2, 0) is 16.1 Å². The summed E-state index contributed by atoms with van der Waals surface area (Å²) in [5.74, 6) is -0.349. The zero-order valence-electron chi connectivity index (χ0n) is 16.0. The molecule has 2 aromatic heterocycles. The molecule has 1 aliphatic rings. The van der Waals surface area contributed by atoms with Crippen LogP contribution in [-0.4, -0.2) is 29.1 Å². The second kappa shape index (κ2) is 9.09. The van der Waals surface area contributed by atoms with Gasteiger partial charge in [-0.2, -0.15) is 0 Å². The van der Waals surface area contributed by atoms with Gasteiger partial charge in [-0.25, -0.2) is 4.79 Å². The molecule has 0 unspecified atom stereocenters. The van der Waals surface area contributed by atoms with Gasteiger partial charge < -0.3 is 13.6 Å². The van der Waals surface area contributed by atoms with Crippen molar-refractivity contribution >= 4 is 58.3 Å². The smallest absolute Gasteiger partial charge is 0.373 e. The average molecular weight is 476 g/mol. The fraction of sp³-hybridized carbons (Fsp3) is 0.0952. The molecule has 1 fully saturated rings. The highest BCUT2D eigenvalue weighted by atomic mass is 35.5. The van der Waals surface area contributed by atoms with Gasteiger partial charge in [-0.15, -0.1) is 0 Å². The van der Waals surface area contributed by atoms with Crippen molar-refractivity contribution in [2.75, 3.05) is 7.11 Å². The van der Waals surface area contributed by atoms with Crippen LogP contribution in [0.1, 0.15) is 22.1 Å². The number of amides is 2. The predicted octanol–water partition coefficient (Wildman–Crippen LogP) is 5.70. The van der Waals surface area contributed by atoms with Gasteiger partial charge in [-0.3, -0.25) is 14.5 Å². The Labute approximate surface area is 190 Å². The number of thioether (sulfide) groups is 1. The summed E-state index contributed by atoms with van der Waals surface area (Å²) in [6.07, 6.45) is 1.53. The number of rotatable bonds is 6. The molecule has 2 amide bonds. The largest absolute Gasteiger partial charge is 0.463 e. The monoisotopic (exact) mass is 475 g/mol. The summed E-state index contributed by atoms with van der Waals surface area (Å²) in [6.45, 7) is -0.0885. The predicted molar refractivity (Wildman–Crippen MR) is 116 cm³/mol. The zero-order chi connectivity index (χ0) is 22.0. The summed E-state index contributed by atoms with van der Waals surface area (Å²) >= 11 is 8.11. The van der Waals surface area contributed by atoms with Crippen LogP contribution >= 0.6 is 35.1 Å². The van der Waals surface area contributed by atoms with Crippen molar-refractivity contribution in [2.24, 2.45) is 0 Å². The normalized spacial score (nSPS) is 15.2. The van der Waals surface area contributed by atoms with E-state index in [0.717, 1.165) is 21.6 Å². The molecular weight excluding hydrogens is 462 g/mol. The number of halogens is 1. The summed E-state index contributed by atoms with van der Waals surface area (Å²) in [7, 11) is 1.24. The molecule has 1 aliphatic heterocycles. The summed E-state index contributed by atoms with van der Waals surface area (Å²) in [4.78, 5) is 38.7. The molecule has 31 heavy (non-hydrogen) atoms. The molecule has 1 aromatic carbocycles. The lowest BCUT2D eigenvalue weighted by Crippen LogP contribution is -2.27. The first-order valence-electron chi connectivity index (χ1n) is 8.88. The number of ether oxygens (including phenoxy) is 1. The van der Waals surface area contributed by atoms with E-state index in [4.69, 9.17) is 20.4 Å². The summed E-state index contributed by atoms with van der Waals surface area (Å²) < 4.78 is 15.7. The lowest BCUT2D eigenvalue weighted by molar-refractivity contribution is -0.123. The van der Waals surface area contributed by atoms with Gasteiger partial charge in [0.05, 0.1) is 18.6 Å². The lowest BCUT2D eigenvalue weighted by atomic mass is 10.3. The molecule has 0 bridgehead atoms. The number of imide groups is 1. The minimum atomic E-state index is -0.634. The number of furan rings is 2. The van der Waals surface area contributed by atoms with Crippen LogP contribution in [0.15, 0.2) is 72.3 Å². The maximum Gasteiger partial charge on any atom is 0.373 e. The van der Waals surface area contributed by atoms with E-state index in [1.54, 1.807) is 24.3 Å². The first-order valence-corrected chi connectivity index (χ1v) is 10.9. The SMILES string of the molecule is COC(=O)c1ccc(CN2C(=O)SC(=Cc3ccc(Sc4ccc(Cl)cc4)o3)C2=O)o1. The van der Waals surface area contributed by atoms with Gasteiger partial charge in [-0.1, -0.05) is 23.4 Å². The Morgan fingerprint density at radius 2 is 1.90 bits per heavy atom. The third kappa shape index (κ3) is 4.90. The molecule has 10 heteroatoms. The van der Waals surface area contributed by atoms with E-state index in [-0.39, 0.29) is 17.2 Å². The van der Waals surface area contributed by atoms with Crippen molar-refractivity contribution in [3.05, 3.63) is 75.7 Å². The second-order valence-electron chi connectivity index (χ2n) is 6.24. The van der Waals surface area contributed by atoms with Crippen molar-refractivity contribution in [2.45, 2.75) is 16.5 Å². The van der Waals surface area contributed by atoms with Crippen molar-refractivity contribution in [3.63, 3.8) is 0 Å². The molecule has 0 radical (unpaired) electrons. The van der Waals surface area contributed by atoms with Gasteiger partial charge in [-0.05, 0) is 60.3 Å². The van der Waals surface area contributed by atoms with E-state index in [9.17, 15) is 14.4 Å². The summed E-state index contributed by atoms with van der Waals surface area (Å²) in [5, 5.41) is 0.851. The molecule has 3 heterocycles. The molecule has 1 saturated heterocycles. The number of hydrogen-bond donors (Lipinski definition) is 0. The molecule has 7 nitrogen and oxygen atoms in total. The number of hydrogen-bond acceptors (Lipinski definition) is 8. The zero-order valence-corrected chi connectivity index (χ0v) is 18.4. The van der Waals surface area contributed by atoms with Gasteiger partial charge in [0.2, 0.25) is 5.76 Å². The Morgan fingerprint density at radius 3 is 2.65 bits per heavy atom. The second-order valence-corrected chi connectivity index (χ2v) is 8.75. The maximum atomic E-state index is 12.7. The van der Waals surface area contributed by atoms with E-state index in [1.165, 1.54) is 37.1 Å². The lowest BCUT2D eigenvalue weighted by Gasteiger charge is -2.09. The van der Waals surface area contributed by atoms with E-state index < -0.39 is 17.1 Å². The van der Waals surface area contributed by atoms with Crippen LogP contribution in [0.25, 0.3) is 6.08 Å². The Hall–Kier alpha value is -2.88. The van der Waals surface area contributed by atoms with E-state index in [1.807, 2.05) is 12.1 Å². The molecule has 4 rings (SSSR count). The fourth-order valence-electron chi connectivity index (χ4n) is 2.68. The molecule has 0 spiro atoms. The van der Waals surface area contributed by atoms with Crippen LogP contribution in [0, 0.1) is 0 Å². The number of carbonyl (C=O) groups excluding carboxylic acids is 3. The van der Waals surface area contributed by atoms with E-state index >= 15 is 0 Å². The van der Waals surface area contributed by atoms with Gasteiger partial charge >= 0.3 is 5.97 Å². The molecule has 158 valence electrons. The molecule has 0 aliphatic carbocycles. The quantitative estimate of drug-likeness (QED) is 0.331. The van der Waals surface area contributed by atoms with Crippen molar-refractivity contribution < 1.29 is 28.0 Å². The summed E-state index contributed by atoms with van der Waals surface area (Å²) in [5.41, 5.74) is 0. The highest BCUT2D eigenvalue weighted by molar-refractivity contribution is 8.18. The van der Waals surface area contributed by atoms with Crippen LogP contribution < -0.4 is 0 Å². The number of nitrogens with zero attached hydrogens (tertiary/aromatic N) is 1. The van der Waals surface area contributed by atoms with Crippen LogP contribution in [0.2, 0.25) is 5.02 Å². The van der Waals surface area contributed by atoms with Gasteiger partial charge in [0.25, 0.3) is 11.1 Å². The highest BCUT2D eigenvalue weighted by Gasteiger charge is 2.36. The minimum Gasteiger partial charge on any atom is -0.463 e. The number of carbonyl (C=O) groups is 3. The van der Waals surface area contributed by atoms with Crippen molar-refractivity contribution in [1.29, 1.82) is 0 Å². The van der Waals surface area contributed by atoms with Crippen LogP contribution in [0.4, 0.5) is 4.79 Å². The van der Waals surface area contributed by atoms with Gasteiger partial charge in [0.15, 0.2) is 5.09 Å². The number of methoxy groups -OCH3 is 1.